The van der Waals surface area contributed by atoms with E-state index in [2.05, 4.69) is 31.4 Å². The van der Waals surface area contributed by atoms with Gasteiger partial charge in [-0.1, -0.05) is 12.1 Å². The van der Waals surface area contributed by atoms with Gasteiger partial charge in [-0.15, -0.1) is 10.2 Å². The van der Waals surface area contributed by atoms with Gasteiger partial charge in [0.05, 0.1) is 5.69 Å². The number of hydrogen-bond donors (Lipinski definition) is 1. The van der Waals surface area contributed by atoms with Gasteiger partial charge in [0, 0.05) is 49.4 Å². The summed E-state index contributed by atoms with van der Waals surface area (Å²) in [5.41, 5.74) is 2.72. The van der Waals surface area contributed by atoms with Crippen molar-refractivity contribution < 1.29 is 4.79 Å². The number of benzene rings is 1. The molecule has 28 heavy (non-hydrogen) atoms. The predicted octanol–water partition coefficient (Wildman–Crippen LogP) is 3.17. The van der Waals surface area contributed by atoms with Crippen LogP contribution in [-0.2, 0) is 4.79 Å². The van der Waals surface area contributed by atoms with Crippen LogP contribution >= 0.6 is 0 Å². The Hall–Kier alpha value is -2.47. The molecule has 0 radical (unpaired) electrons. The summed E-state index contributed by atoms with van der Waals surface area (Å²) in [5.74, 6) is 1.32. The smallest absolute Gasteiger partial charge is 0.227 e. The molecule has 3 fully saturated rings. The summed E-state index contributed by atoms with van der Waals surface area (Å²) in [4.78, 5) is 16.8. The molecule has 0 spiro atoms. The van der Waals surface area contributed by atoms with Crippen molar-refractivity contribution >= 4 is 17.4 Å². The summed E-state index contributed by atoms with van der Waals surface area (Å²) >= 11 is 0. The molecule has 1 N–H and O–H groups in total. The molecule has 6 heteroatoms. The third-order valence-corrected chi connectivity index (χ3v) is 5.96. The van der Waals surface area contributed by atoms with Crippen molar-refractivity contribution in [2.75, 3.05) is 36.4 Å². The maximum absolute atomic E-state index is 11.9. The summed E-state index contributed by atoms with van der Waals surface area (Å²) in [6.07, 6.45) is 5.96. The minimum absolute atomic E-state index is 0.134. The van der Waals surface area contributed by atoms with E-state index in [0.29, 0.717) is 0 Å². The Kier molecular flexibility index (Phi) is 4.72. The maximum Gasteiger partial charge on any atom is 0.227 e. The van der Waals surface area contributed by atoms with Crippen molar-refractivity contribution in [3.8, 4) is 11.3 Å². The van der Waals surface area contributed by atoms with Crippen LogP contribution in [0.4, 0.5) is 11.5 Å². The summed E-state index contributed by atoms with van der Waals surface area (Å²) in [6, 6.07) is 12.8. The average molecular weight is 377 g/mol. The molecular weight excluding hydrogens is 350 g/mol. The monoisotopic (exact) mass is 377 g/mol. The first-order chi connectivity index (χ1) is 13.8. The lowest BCUT2D eigenvalue weighted by atomic mass is 10.1. The second-order valence-electron chi connectivity index (χ2n) is 8.23. The van der Waals surface area contributed by atoms with Gasteiger partial charge in [0.15, 0.2) is 5.82 Å². The van der Waals surface area contributed by atoms with E-state index in [0.717, 1.165) is 61.3 Å². The number of aromatic nitrogens is 2. The quantitative estimate of drug-likeness (QED) is 0.867. The Morgan fingerprint density at radius 3 is 2.39 bits per heavy atom. The first-order valence-electron chi connectivity index (χ1n) is 10.5. The number of carbonyl (C=O) groups excluding carboxylic acids is 1. The number of nitrogens with zero attached hydrogens (tertiary/aromatic N) is 4. The zero-order valence-corrected chi connectivity index (χ0v) is 16.2. The van der Waals surface area contributed by atoms with E-state index in [1.54, 1.807) is 0 Å². The number of nitrogens with one attached hydrogen (secondary N) is 1. The molecule has 2 aromatic rings. The van der Waals surface area contributed by atoms with E-state index >= 15 is 0 Å². The Balaban J connectivity index is 1.22. The zero-order valence-electron chi connectivity index (χ0n) is 16.2. The molecule has 2 saturated carbocycles. The molecule has 6 nitrogen and oxygen atoms in total. The molecule has 1 aromatic heterocycles. The highest BCUT2D eigenvalue weighted by Gasteiger charge is 2.30. The van der Waals surface area contributed by atoms with Gasteiger partial charge in [-0.3, -0.25) is 9.69 Å². The summed E-state index contributed by atoms with van der Waals surface area (Å²) in [7, 11) is 0. The molecule has 1 amide bonds. The number of carbonyl (C=O) groups is 1. The minimum Gasteiger partial charge on any atom is -0.354 e. The fourth-order valence-electron chi connectivity index (χ4n) is 3.93. The number of rotatable bonds is 5. The van der Waals surface area contributed by atoms with Crippen LogP contribution in [0, 0.1) is 5.92 Å². The van der Waals surface area contributed by atoms with Crippen molar-refractivity contribution in [3.63, 3.8) is 0 Å². The molecule has 5 rings (SSSR count). The topological polar surface area (TPSA) is 61.4 Å². The van der Waals surface area contributed by atoms with Crippen LogP contribution in [0.25, 0.3) is 11.3 Å². The normalized spacial score (nSPS) is 20.6. The highest BCUT2D eigenvalue weighted by Crippen LogP contribution is 2.31. The van der Waals surface area contributed by atoms with Gasteiger partial charge in [-0.05, 0) is 56.4 Å². The van der Waals surface area contributed by atoms with Crippen molar-refractivity contribution in [2.45, 2.75) is 38.1 Å². The second-order valence-corrected chi connectivity index (χ2v) is 8.23. The largest absolute Gasteiger partial charge is 0.354 e. The van der Waals surface area contributed by atoms with E-state index in [1.807, 2.05) is 30.3 Å². The molecule has 0 unspecified atom stereocenters. The Labute approximate surface area is 165 Å². The average Bonchev–Trinajstić information content (AvgIpc) is 3.61. The van der Waals surface area contributed by atoms with Crippen molar-refractivity contribution in [3.05, 3.63) is 36.4 Å². The summed E-state index contributed by atoms with van der Waals surface area (Å²) in [6.45, 7) is 4.41. The molecule has 2 aliphatic carbocycles. The van der Waals surface area contributed by atoms with Gasteiger partial charge in [0.1, 0.15) is 0 Å². The molecule has 1 aliphatic heterocycles. The van der Waals surface area contributed by atoms with E-state index in [-0.39, 0.29) is 11.8 Å². The van der Waals surface area contributed by atoms with Crippen LogP contribution in [0.5, 0.6) is 0 Å². The van der Waals surface area contributed by atoms with E-state index in [1.165, 1.54) is 25.8 Å². The van der Waals surface area contributed by atoms with Crippen LogP contribution < -0.4 is 10.2 Å². The van der Waals surface area contributed by atoms with E-state index in [4.69, 9.17) is 0 Å². The first-order valence-corrected chi connectivity index (χ1v) is 10.5. The standard InChI is InChI=1S/C22H27N5O/c28-22(17-2-3-17)23-18-6-4-16(5-7-18)20-10-11-21(25-24-20)27-13-1-12-26(14-15-27)19-8-9-19/h4-7,10-11,17,19H,1-3,8-9,12-15H2,(H,23,28). The van der Waals surface area contributed by atoms with Crippen LogP contribution in [0.3, 0.4) is 0 Å². The van der Waals surface area contributed by atoms with Gasteiger partial charge in [-0.25, -0.2) is 0 Å². The molecule has 3 aliphatic rings. The van der Waals surface area contributed by atoms with Crippen molar-refractivity contribution in [1.29, 1.82) is 0 Å². The number of amides is 1. The third-order valence-electron chi connectivity index (χ3n) is 5.96. The van der Waals surface area contributed by atoms with Crippen LogP contribution in [0.1, 0.15) is 32.1 Å². The molecule has 0 atom stereocenters. The van der Waals surface area contributed by atoms with Crippen molar-refractivity contribution in [2.24, 2.45) is 5.92 Å². The zero-order chi connectivity index (χ0) is 18.9. The fraction of sp³-hybridized carbons (Fsp3) is 0.500. The molecular formula is C22H27N5O. The fourth-order valence-corrected chi connectivity index (χ4v) is 3.93. The van der Waals surface area contributed by atoms with Gasteiger partial charge in [0.25, 0.3) is 0 Å². The minimum atomic E-state index is 0.134. The first kappa shape index (κ1) is 17.6. The maximum atomic E-state index is 11.9. The van der Waals surface area contributed by atoms with Gasteiger partial charge in [0.2, 0.25) is 5.91 Å². The van der Waals surface area contributed by atoms with E-state index in [9.17, 15) is 4.79 Å². The lowest BCUT2D eigenvalue weighted by Gasteiger charge is -2.22. The van der Waals surface area contributed by atoms with Crippen LogP contribution in [0.15, 0.2) is 36.4 Å². The highest BCUT2D eigenvalue weighted by molar-refractivity contribution is 5.94. The van der Waals surface area contributed by atoms with E-state index < -0.39 is 0 Å². The predicted molar refractivity (Wildman–Crippen MR) is 110 cm³/mol. The van der Waals surface area contributed by atoms with Crippen LogP contribution in [-0.4, -0.2) is 53.2 Å². The molecule has 2 heterocycles. The van der Waals surface area contributed by atoms with Crippen molar-refractivity contribution in [1.82, 2.24) is 15.1 Å². The Morgan fingerprint density at radius 2 is 1.71 bits per heavy atom. The SMILES string of the molecule is O=C(Nc1ccc(-c2ccc(N3CCCN(C4CC4)CC3)nn2)cc1)C1CC1. The number of anilines is 2. The summed E-state index contributed by atoms with van der Waals surface area (Å²) < 4.78 is 0. The lowest BCUT2D eigenvalue weighted by molar-refractivity contribution is -0.117. The van der Waals surface area contributed by atoms with Gasteiger partial charge < -0.3 is 10.2 Å². The van der Waals surface area contributed by atoms with Gasteiger partial charge >= 0.3 is 0 Å². The summed E-state index contributed by atoms with van der Waals surface area (Å²) in [5, 5.41) is 11.9. The Bertz CT molecular complexity index is 827. The van der Waals surface area contributed by atoms with Gasteiger partial charge in [-0.2, -0.15) is 0 Å². The lowest BCUT2D eigenvalue weighted by Crippen LogP contribution is -2.32. The highest BCUT2D eigenvalue weighted by atomic mass is 16.2. The molecule has 1 saturated heterocycles. The molecule has 1 aromatic carbocycles. The molecule has 146 valence electrons. The number of hydrogen-bond acceptors (Lipinski definition) is 5. The second kappa shape index (κ2) is 7.51. The van der Waals surface area contributed by atoms with Crippen LogP contribution in [0.2, 0.25) is 0 Å². The third kappa shape index (κ3) is 4.02. The Morgan fingerprint density at radius 1 is 0.893 bits per heavy atom. The molecule has 0 bridgehead atoms.